The molecule has 0 radical (unpaired) electrons. The number of nitrogens with one attached hydrogen (secondary N) is 3. The Balaban J connectivity index is 1.40. The molecule has 7 nitrogen and oxygen atoms in total. The average molecular weight is 420 g/mol. The molecule has 1 aromatic carbocycles. The lowest BCUT2D eigenvalue weighted by Gasteiger charge is -2.22. The van der Waals surface area contributed by atoms with Crippen molar-refractivity contribution in [2.24, 2.45) is 0 Å². The number of carbonyl (C=O) groups is 2. The number of rotatable bonds is 7. The molecule has 1 saturated carbocycles. The van der Waals surface area contributed by atoms with Gasteiger partial charge in [-0.1, -0.05) is 61.4 Å². The number of carbonyl (C=O) groups excluding carboxylic acids is 2. The topological polar surface area (TPSA) is 96.0 Å². The van der Waals surface area contributed by atoms with Crippen LogP contribution in [0.1, 0.15) is 44.6 Å². The van der Waals surface area contributed by atoms with Crippen LogP contribution < -0.4 is 16.0 Å². The molecule has 9 heteroatoms. The first-order valence-electron chi connectivity index (χ1n) is 9.55. The Kier molecular flexibility index (Phi) is 7.67. The maximum atomic E-state index is 12.1. The van der Waals surface area contributed by atoms with Gasteiger partial charge in [-0.2, -0.15) is 0 Å². The van der Waals surface area contributed by atoms with E-state index in [0.29, 0.717) is 9.47 Å². The molecule has 3 rings (SSSR count). The van der Waals surface area contributed by atoms with Crippen molar-refractivity contribution in [1.82, 2.24) is 15.5 Å². The summed E-state index contributed by atoms with van der Waals surface area (Å²) in [7, 11) is 0. The van der Waals surface area contributed by atoms with Crippen molar-refractivity contribution in [1.29, 1.82) is 0 Å². The molecule has 0 spiro atoms. The molecule has 1 aliphatic carbocycles. The van der Waals surface area contributed by atoms with E-state index >= 15 is 0 Å². The van der Waals surface area contributed by atoms with Crippen LogP contribution in [0, 0.1) is 0 Å². The van der Waals surface area contributed by atoms with Crippen LogP contribution >= 0.6 is 23.1 Å². The first kappa shape index (κ1) is 20.6. The number of aromatic nitrogens is 2. The fraction of sp³-hybridized carbons (Fsp3) is 0.474. The van der Waals surface area contributed by atoms with Gasteiger partial charge in [-0.3, -0.25) is 10.1 Å². The zero-order valence-electron chi connectivity index (χ0n) is 15.9. The molecule has 28 heavy (non-hydrogen) atoms. The molecule has 0 atom stereocenters. The van der Waals surface area contributed by atoms with Gasteiger partial charge in [0, 0.05) is 11.7 Å². The van der Waals surface area contributed by atoms with Crippen molar-refractivity contribution < 1.29 is 9.59 Å². The highest BCUT2D eigenvalue weighted by Crippen LogP contribution is 2.26. The highest BCUT2D eigenvalue weighted by atomic mass is 32.2. The van der Waals surface area contributed by atoms with Crippen LogP contribution in [0.2, 0.25) is 0 Å². The summed E-state index contributed by atoms with van der Waals surface area (Å²) in [5, 5.41) is 17.0. The van der Waals surface area contributed by atoms with Gasteiger partial charge in [-0.25, -0.2) is 4.79 Å². The summed E-state index contributed by atoms with van der Waals surface area (Å²) in [5.74, 6) is 0.132. The molecule has 1 fully saturated rings. The summed E-state index contributed by atoms with van der Waals surface area (Å²) < 4.78 is 0.643. The number of amides is 3. The molecule has 1 heterocycles. The van der Waals surface area contributed by atoms with Gasteiger partial charge in [-0.05, 0) is 37.0 Å². The van der Waals surface area contributed by atoms with Gasteiger partial charge in [0.2, 0.25) is 11.0 Å². The molecule has 0 unspecified atom stereocenters. The second-order valence-electron chi connectivity index (χ2n) is 6.69. The molecule has 1 aromatic heterocycles. The Morgan fingerprint density at radius 3 is 2.57 bits per heavy atom. The SMILES string of the molecule is CCc1ccc(NC(=O)CSc2nnc(NC(=O)NC3CCCCC3)s2)cc1. The molecular weight excluding hydrogens is 394 g/mol. The van der Waals surface area contributed by atoms with E-state index in [-0.39, 0.29) is 23.7 Å². The normalized spacial score (nSPS) is 14.5. The minimum absolute atomic E-state index is 0.103. The number of thioether (sulfide) groups is 1. The van der Waals surface area contributed by atoms with Crippen LogP contribution in [-0.4, -0.2) is 33.9 Å². The number of nitrogens with zero attached hydrogens (tertiary/aromatic N) is 2. The summed E-state index contributed by atoms with van der Waals surface area (Å²) >= 11 is 2.57. The minimum Gasteiger partial charge on any atom is -0.335 e. The highest BCUT2D eigenvalue weighted by molar-refractivity contribution is 8.01. The van der Waals surface area contributed by atoms with Crippen molar-refractivity contribution in [2.75, 3.05) is 16.4 Å². The summed E-state index contributed by atoms with van der Waals surface area (Å²) in [4.78, 5) is 24.1. The van der Waals surface area contributed by atoms with E-state index in [2.05, 4.69) is 33.1 Å². The average Bonchev–Trinajstić information content (AvgIpc) is 3.15. The van der Waals surface area contributed by atoms with Gasteiger partial charge in [0.05, 0.1) is 5.75 Å². The lowest BCUT2D eigenvalue weighted by Crippen LogP contribution is -2.38. The Bertz CT molecular complexity index is 788. The van der Waals surface area contributed by atoms with E-state index in [9.17, 15) is 9.59 Å². The van der Waals surface area contributed by atoms with Crippen molar-refractivity contribution >= 4 is 45.9 Å². The number of aryl methyl sites for hydroxylation is 1. The molecule has 1 aliphatic rings. The number of urea groups is 1. The number of anilines is 2. The quantitative estimate of drug-likeness (QED) is 0.460. The maximum absolute atomic E-state index is 12.1. The van der Waals surface area contributed by atoms with Crippen LogP contribution in [0.5, 0.6) is 0 Å². The summed E-state index contributed by atoms with van der Waals surface area (Å²) in [6.45, 7) is 2.09. The summed E-state index contributed by atoms with van der Waals surface area (Å²) in [6, 6.07) is 7.81. The summed E-state index contributed by atoms with van der Waals surface area (Å²) in [5.41, 5.74) is 2.01. The van der Waals surface area contributed by atoms with Gasteiger partial charge >= 0.3 is 6.03 Å². The Hall–Kier alpha value is -2.13. The lowest BCUT2D eigenvalue weighted by atomic mass is 9.96. The molecule has 0 bridgehead atoms. The standard InChI is InChI=1S/C19H25N5O2S2/c1-2-13-8-10-15(11-9-13)20-16(25)12-27-19-24-23-18(28-19)22-17(26)21-14-6-4-3-5-7-14/h8-11,14H,2-7,12H2,1H3,(H,20,25)(H2,21,22,23,26). The van der Waals surface area contributed by atoms with Crippen LogP contribution in [0.3, 0.4) is 0 Å². The first-order valence-corrected chi connectivity index (χ1v) is 11.3. The van der Waals surface area contributed by atoms with Gasteiger partial charge in [-0.15, -0.1) is 10.2 Å². The third-order valence-electron chi connectivity index (χ3n) is 4.54. The fourth-order valence-electron chi connectivity index (χ4n) is 3.03. The van der Waals surface area contributed by atoms with Gasteiger partial charge < -0.3 is 10.6 Å². The lowest BCUT2D eigenvalue weighted by molar-refractivity contribution is -0.113. The van der Waals surface area contributed by atoms with Gasteiger partial charge in [0.25, 0.3) is 0 Å². The zero-order chi connectivity index (χ0) is 19.8. The van der Waals surface area contributed by atoms with Crippen LogP contribution in [-0.2, 0) is 11.2 Å². The monoisotopic (exact) mass is 419 g/mol. The zero-order valence-corrected chi connectivity index (χ0v) is 17.5. The van der Waals surface area contributed by atoms with E-state index in [0.717, 1.165) is 37.8 Å². The molecule has 3 N–H and O–H groups in total. The van der Waals surface area contributed by atoms with Crippen molar-refractivity contribution in [2.45, 2.75) is 55.8 Å². The summed E-state index contributed by atoms with van der Waals surface area (Å²) in [6.07, 6.45) is 6.59. The van der Waals surface area contributed by atoms with Crippen LogP contribution in [0.25, 0.3) is 0 Å². The van der Waals surface area contributed by atoms with Crippen LogP contribution in [0.15, 0.2) is 28.6 Å². The van der Waals surface area contributed by atoms with Crippen LogP contribution in [0.4, 0.5) is 15.6 Å². The van der Waals surface area contributed by atoms with E-state index < -0.39 is 0 Å². The van der Waals surface area contributed by atoms with Gasteiger partial charge in [0.1, 0.15) is 0 Å². The first-order chi connectivity index (χ1) is 13.6. The maximum Gasteiger partial charge on any atom is 0.321 e. The van der Waals surface area contributed by atoms with Crippen molar-refractivity contribution in [3.8, 4) is 0 Å². The smallest absolute Gasteiger partial charge is 0.321 e. The van der Waals surface area contributed by atoms with E-state index in [1.807, 2.05) is 24.3 Å². The third-order valence-corrected chi connectivity index (χ3v) is 6.51. The third kappa shape index (κ3) is 6.49. The molecule has 0 aliphatic heterocycles. The minimum atomic E-state index is -0.243. The van der Waals surface area contributed by atoms with Crippen molar-refractivity contribution in [3.05, 3.63) is 29.8 Å². The Morgan fingerprint density at radius 1 is 1.11 bits per heavy atom. The predicted octanol–water partition coefficient (Wildman–Crippen LogP) is 4.29. The number of hydrogen-bond acceptors (Lipinski definition) is 6. The van der Waals surface area contributed by atoms with E-state index in [1.165, 1.54) is 35.1 Å². The number of benzene rings is 1. The number of hydrogen-bond donors (Lipinski definition) is 3. The largest absolute Gasteiger partial charge is 0.335 e. The Labute approximate surface area is 173 Å². The van der Waals surface area contributed by atoms with E-state index in [1.54, 1.807) is 0 Å². The molecular formula is C19H25N5O2S2. The highest BCUT2D eigenvalue weighted by Gasteiger charge is 2.17. The molecule has 150 valence electrons. The Morgan fingerprint density at radius 2 is 1.86 bits per heavy atom. The molecule has 3 amide bonds. The molecule has 2 aromatic rings. The fourth-order valence-corrected chi connectivity index (χ4v) is 4.58. The molecule has 0 saturated heterocycles. The second kappa shape index (κ2) is 10.4. The van der Waals surface area contributed by atoms with Crippen molar-refractivity contribution in [3.63, 3.8) is 0 Å². The predicted molar refractivity (Wildman–Crippen MR) is 114 cm³/mol. The van der Waals surface area contributed by atoms with Gasteiger partial charge in [0.15, 0.2) is 4.34 Å². The second-order valence-corrected chi connectivity index (χ2v) is 8.89. The van der Waals surface area contributed by atoms with E-state index in [4.69, 9.17) is 0 Å².